The van der Waals surface area contributed by atoms with E-state index in [-0.39, 0.29) is 5.91 Å². The number of carbonyl (C=O) groups is 1. The molecule has 0 fully saturated rings. The van der Waals surface area contributed by atoms with Crippen molar-refractivity contribution in [1.29, 1.82) is 0 Å². The Hall–Kier alpha value is -2.10. The summed E-state index contributed by atoms with van der Waals surface area (Å²) in [6.07, 6.45) is 0. The summed E-state index contributed by atoms with van der Waals surface area (Å²) in [7, 11) is 0. The van der Waals surface area contributed by atoms with Crippen LogP contribution in [-0.4, -0.2) is 10.9 Å². The average Bonchev–Trinajstić information content (AvgIpc) is 2.50. The highest BCUT2D eigenvalue weighted by atomic mass is 35.5. The molecule has 0 aliphatic rings. The van der Waals surface area contributed by atoms with Crippen LogP contribution in [0.1, 0.15) is 16.1 Å². The van der Waals surface area contributed by atoms with Crippen LogP contribution in [0.5, 0.6) is 0 Å². The third-order valence-corrected chi connectivity index (χ3v) is 4.01. The Balaban J connectivity index is 2.00. The van der Waals surface area contributed by atoms with E-state index in [1.807, 2.05) is 31.2 Å². The number of pyridine rings is 1. The Morgan fingerprint density at radius 1 is 1.05 bits per heavy atom. The summed E-state index contributed by atoms with van der Waals surface area (Å²) in [6.45, 7) is 1.86. The van der Waals surface area contributed by atoms with Crippen LogP contribution in [0.15, 0.2) is 48.5 Å². The van der Waals surface area contributed by atoms with Gasteiger partial charge in [-0.25, -0.2) is 0 Å². The molecule has 0 bridgehead atoms. The fraction of sp³-hybridized carbons (Fsp3) is 0.0588. The topological polar surface area (TPSA) is 42.0 Å². The predicted octanol–water partition coefficient (Wildman–Crippen LogP) is 5.10. The number of para-hydroxylation sites is 1. The van der Waals surface area contributed by atoms with Crippen molar-refractivity contribution in [1.82, 2.24) is 4.98 Å². The number of amides is 1. The number of fused-ring (bicyclic) bond motifs is 1. The van der Waals surface area contributed by atoms with Gasteiger partial charge in [0.25, 0.3) is 5.91 Å². The molecule has 110 valence electrons. The first-order valence-electron chi connectivity index (χ1n) is 6.67. The van der Waals surface area contributed by atoms with Gasteiger partial charge in [-0.3, -0.25) is 9.78 Å². The molecule has 3 rings (SSSR count). The van der Waals surface area contributed by atoms with E-state index in [0.29, 0.717) is 21.3 Å². The molecule has 2 aromatic carbocycles. The maximum Gasteiger partial charge on any atom is 0.256 e. The third kappa shape index (κ3) is 2.91. The van der Waals surface area contributed by atoms with Gasteiger partial charge in [-0.2, -0.15) is 0 Å². The molecule has 1 N–H and O–H groups in total. The Kier molecular flexibility index (Phi) is 4.01. The van der Waals surface area contributed by atoms with Crippen molar-refractivity contribution in [3.8, 4) is 0 Å². The lowest BCUT2D eigenvalue weighted by Crippen LogP contribution is -2.13. The number of anilines is 1. The standard InChI is InChI=1S/C17H12Cl2N2O/c1-10-8-13(12-4-2-3-5-16(12)20-10)17(22)21-11-6-7-14(18)15(19)9-11/h2-9H,1H3,(H,21,22). The molecule has 0 saturated carbocycles. The van der Waals surface area contributed by atoms with Crippen molar-refractivity contribution in [2.75, 3.05) is 5.32 Å². The van der Waals surface area contributed by atoms with Gasteiger partial charge in [0, 0.05) is 16.8 Å². The SMILES string of the molecule is Cc1cc(C(=O)Nc2ccc(Cl)c(Cl)c2)c2ccccc2n1. The third-order valence-electron chi connectivity index (χ3n) is 3.27. The van der Waals surface area contributed by atoms with E-state index in [2.05, 4.69) is 10.3 Å². The zero-order chi connectivity index (χ0) is 15.7. The highest BCUT2D eigenvalue weighted by Gasteiger charge is 2.12. The number of benzene rings is 2. The molecule has 0 aliphatic carbocycles. The Bertz CT molecular complexity index is 878. The average molecular weight is 331 g/mol. The maximum atomic E-state index is 12.6. The molecular formula is C17H12Cl2N2O. The lowest BCUT2D eigenvalue weighted by Gasteiger charge is -2.09. The Labute approximate surface area is 137 Å². The number of hydrogen-bond acceptors (Lipinski definition) is 2. The quantitative estimate of drug-likeness (QED) is 0.710. The monoisotopic (exact) mass is 330 g/mol. The van der Waals surface area contributed by atoms with Gasteiger partial charge >= 0.3 is 0 Å². The second-order valence-corrected chi connectivity index (χ2v) is 5.73. The first-order chi connectivity index (χ1) is 10.5. The molecule has 1 aromatic heterocycles. The predicted molar refractivity (Wildman–Crippen MR) is 90.9 cm³/mol. The summed E-state index contributed by atoms with van der Waals surface area (Å²) in [5.74, 6) is -0.208. The van der Waals surface area contributed by atoms with Crippen molar-refractivity contribution in [2.45, 2.75) is 6.92 Å². The van der Waals surface area contributed by atoms with Gasteiger partial charge in [0.2, 0.25) is 0 Å². The molecule has 5 heteroatoms. The van der Waals surface area contributed by atoms with Crippen LogP contribution in [0.2, 0.25) is 10.0 Å². The molecule has 3 aromatic rings. The van der Waals surface area contributed by atoms with Gasteiger partial charge in [-0.05, 0) is 37.3 Å². The molecule has 0 unspecified atom stereocenters. The maximum absolute atomic E-state index is 12.6. The van der Waals surface area contributed by atoms with E-state index in [1.54, 1.807) is 24.3 Å². The number of halogens is 2. The van der Waals surface area contributed by atoms with E-state index < -0.39 is 0 Å². The van der Waals surface area contributed by atoms with Crippen molar-refractivity contribution in [3.63, 3.8) is 0 Å². The summed E-state index contributed by atoms with van der Waals surface area (Å²) in [5.41, 5.74) is 2.76. The summed E-state index contributed by atoms with van der Waals surface area (Å²) >= 11 is 11.9. The summed E-state index contributed by atoms with van der Waals surface area (Å²) in [4.78, 5) is 17.0. The molecule has 0 spiro atoms. The van der Waals surface area contributed by atoms with Crippen LogP contribution in [0, 0.1) is 6.92 Å². The molecule has 0 saturated heterocycles. The Morgan fingerprint density at radius 2 is 1.82 bits per heavy atom. The van der Waals surface area contributed by atoms with Gasteiger partial charge in [0.1, 0.15) is 0 Å². The molecular weight excluding hydrogens is 319 g/mol. The normalized spacial score (nSPS) is 10.7. The molecule has 0 atom stereocenters. The fourth-order valence-corrected chi connectivity index (χ4v) is 2.57. The van der Waals surface area contributed by atoms with Crippen LogP contribution in [0.3, 0.4) is 0 Å². The van der Waals surface area contributed by atoms with Crippen LogP contribution in [0.4, 0.5) is 5.69 Å². The van der Waals surface area contributed by atoms with Gasteiger partial charge in [0.05, 0.1) is 21.1 Å². The zero-order valence-corrected chi connectivity index (χ0v) is 13.2. The van der Waals surface area contributed by atoms with E-state index in [9.17, 15) is 4.79 Å². The van der Waals surface area contributed by atoms with Crippen LogP contribution < -0.4 is 5.32 Å². The minimum Gasteiger partial charge on any atom is -0.322 e. The molecule has 0 radical (unpaired) electrons. The van der Waals surface area contributed by atoms with E-state index in [4.69, 9.17) is 23.2 Å². The largest absolute Gasteiger partial charge is 0.322 e. The first kappa shape index (κ1) is 14.8. The van der Waals surface area contributed by atoms with E-state index in [0.717, 1.165) is 16.6 Å². The van der Waals surface area contributed by atoms with Crippen molar-refractivity contribution >= 4 is 45.7 Å². The van der Waals surface area contributed by atoms with Crippen LogP contribution in [-0.2, 0) is 0 Å². The number of hydrogen-bond donors (Lipinski definition) is 1. The second-order valence-electron chi connectivity index (χ2n) is 4.91. The Morgan fingerprint density at radius 3 is 2.59 bits per heavy atom. The summed E-state index contributed by atoms with van der Waals surface area (Å²) < 4.78 is 0. The zero-order valence-electron chi connectivity index (χ0n) is 11.7. The summed E-state index contributed by atoms with van der Waals surface area (Å²) in [5, 5.41) is 4.49. The van der Waals surface area contributed by atoms with Crippen LogP contribution >= 0.6 is 23.2 Å². The fourth-order valence-electron chi connectivity index (χ4n) is 2.27. The molecule has 0 aliphatic heterocycles. The number of aromatic nitrogens is 1. The number of carbonyl (C=O) groups excluding carboxylic acids is 1. The van der Waals surface area contributed by atoms with Gasteiger partial charge in [-0.1, -0.05) is 41.4 Å². The lowest BCUT2D eigenvalue weighted by molar-refractivity contribution is 0.102. The second kappa shape index (κ2) is 5.95. The smallest absolute Gasteiger partial charge is 0.256 e. The molecule has 22 heavy (non-hydrogen) atoms. The van der Waals surface area contributed by atoms with Crippen molar-refractivity contribution in [3.05, 3.63) is 69.8 Å². The highest BCUT2D eigenvalue weighted by Crippen LogP contribution is 2.26. The minimum absolute atomic E-state index is 0.208. The number of nitrogens with one attached hydrogen (secondary N) is 1. The number of rotatable bonds is 2. The number of aryl methyl sites for hydroxylation is 1. The van der Waals surface area contributed by atoms with Crippen molar-refractivity contribution in [2.24, 2.45) is 0 Å². The lowest BCUT2D eigenvalue weighted by atomic mass is 10.1. The van der Waals surface area contributed by atoms with Gasteiger partial charge in [-0.15, -0.1) is 0 Å². The number of nitrogens with zero attached hydrogens (tertiary/aromatic N) is 1. The molecule has 1 amide bonds. The van der Waals surface area contributed by atoms with E-state index in [1.165, 1.54) is 0 Å². The first-order valence-corrected chi connectivity index (χ1v) is 7.43. The van der Waals surface area contributed by atoms with Gasteiger partial charge < -0.3 is 5.32 Å². The van der Waals surface area contributed by atoms with Crippen molar-refractivity contribution < 1.29 is 4.79 Å². The molecule has 3 nitrogen and oxygen atoms in total. The minimum atomic E-state index is -0.208. The van der Waals surface area contributed by atoms with Gasteiger partial charge in [0.15, 0.2) is 0 Å². The van der Waals surface area contributed by atoms with E-state index >= 15 is 0 Å². The highest BCUT2D eigenvalue weighted by molar-refractivity contribution is 6.42. The molecule has 1 heterocycles. The summed E-state index contributed by atoms with van der Waals surface area (Å²) in [6, 6.07) is 14.3. The van der Waals surface area contributed by atoms with Crippen LogP contribution in [0.25, 0.3) is 10.9 Å².